The van der Waals surface area contributed by atoms with E-state index in [1.807, 2.05) is 18.2 Å². The fourth-order valence-electron chi connectivity index (χ4n) is 2.59. The molecule has 22 heavy (non-hydrogen) atoms. The van der Waals surface area contributed by atoms with E-state index < -0.39 is 6.04 Å². The van der Waals surface area contributed by atoms with Crippen molar-refractivity contribution in [1.82, 2.24) is 4.90 Å². The van der Waals surface area contributed by atoms with E-state index in [0.717, 1.165) is 18.7 Å². The number of methoxy groups -OCH3 is 1. The van der Waals surface area contributed by atoms with E-state index in [4.69, 9.17) is 10.5 Å². The third-order valence-electron chi connectivity index (χ3n) is 3.79. The minimum atomic E-state index is -0.636. The molecule has 1 aromatic carbocycles. The normalized spacial score (nSPS) is 16.1. The summed E-state index contributed by atoms with van der Waals surface area (Å²) in [6.07, 6.45) is 3.63. The van der Waals surface area contributed by atoms with Gasteiger partial charge in [-0.05, 0) is 50.0 Å². The van der Waals surface area contributed by atoms with E-state index >= 15 is 0 Å². The molecular formula is C16H26ClN3O2. The molecule has 1 amide bonds. The number of ether oxygens (including phenoxy) is 1. The molecule has 1 atom stereocenters. The zero-order valence-electron chi connectivity index (χ0n) is 13.1. The van der Waals surface area contributed by atoms with Crippen molar-refractivity contribution < 1.29 is 9.53 Å². The number of carbonyl (C=O) groups is 1. The molecule has 0 bridgehead atoms. The van der Waals surface area contributed by atoms with Gasteiger partial charge in [-0.1, -0.05) is 12.1 Å². The lowest BCUT2D eigenvalue weighted by Crippen LogP contribution is -2.39. The van der Waals surface area contributed by atoms with Crippen LogP contribution in [-0.2, 0) is 16.0 Å². The summed E-state index contributed by atoms with van der Waals surface area (Å²) in [5.74, 6) is -0.214. The fourth-order valence-corrected chi connectivity index (χ4v) is 2.59. The topological polar surface area (TPSA) is 67.6 Å². The van der Waals surface area contributed by atoms with Crippen LogP contribution >= 0.6 is 12.4 Å². The molecular weight excluding hydrogens is 302 g/mol. The highest BCUT2D eigenvalue weighted by atomic mass is 35.5. The summed E-state index contributed by atoms with van der Waals surface area (Å²) in [4.78, 5) is 14.3. The Hall–Kier alpha value is -1.14. The highest BCUT2D eigenvalue weighted by molar-refractivity contribution is 5.94. The number of rotatable bonds is 7. The van der Waals surface area contributed by atoms with Crippen LogP contribution in [0.15, 0.2) is 24.3 Å². The third-order valence-corrected chi connectivity index (χ3v) is 3.79. The summed E-state index contributed by atoms with van der Waals surface area (Å²) < 4.78 is 4.89. The monoisotopic (exact) mass is 327 g/mol. The molecule has 0 spiro atoms. The van der Waals surface area contributed by atoms with E-state index in [9.17, 15) is 4.79 Å². The number of anilines is 1. The quantitative estimate of drug-likeness (QED) is 0.799. The van der Waals surface area contributed by atoms with Crippen molar-refractivity contribution in [2.24, 2.45) is 5.73 Å². The molecule has 1 unspecified atom stereocenters. The third kappa shape index (κ3) is 5.93. The Kier molecular flexibility index (Phi) is 8.42. The standard InChI is InChI=1S/C16H25N3O2.ClH/c1-21-12-15(17)16(20)18-14-6-4-5-13(11-14)7-10-19-8-2-3-9-19;/h4-6,11,15H,2-3,7-10,12,17H2,1H3,(H,18,20);1H. The van der Waals surface area contributed by atoms with Crippen LogP contribution in [0.4, 0.5) is 5.69 Å². The number of amides is 1. The summed E-state index contributed by atoms with van der Waals surface area (Å²) >= 11 is 0. The molecule has 1 heterocycles. The van der Waals surface area contributed by atoms with E-state index in [-0.39, 0.29) is 24.9 Å². The molecule has 5 nitrogen and oxygen atoms in total. The predicted octanol–water partition coefficient (Wildman–Crippen LogP) is 1.66. The first kappa shape index (κ1) is 18.9. The largest absolute Gasteiger partial charge is 0.383 e. The number of carbonyl (C=O) groups excluding carboxylic acids is 1. The molecule has 1 fully saturated rings. The Labute approximate surface area is 138 Å². The number of nitrogens with one attached hydrogen (secondary N) is 1. The number of halogens is 1. The summed E-state index contributed by atoms with van der Waals surface area (Å²) in [5, 5.41) is 2.84. The molecule has 1 aliphatic heterocycles. The smallest absolute Gasteiger partial charge is 0.243 e. The second-order valence-electron chi connectivity index (χ2n) is 5.55. The van der Waals surface area contributed by atoms with Crippen LogP contribution in [0, 0.1) is 0 Å². The van der Waals surface area contributed by atoms with Crippen molar-refractivity contribution in [3.8, 4) is 0 Å². The predicted molar refractivity (Wildman–Crippen MR) is 91.5 cm³/mol. The fraction of sp³-hybridized carbons (Fsp3) is 0.562. The van der Waals surface area contributed by atoms with Gasteiger partial charge in [0.2, 0.25) is 5.91 Å². The average molecular weight is 328 g/mol. The maximum atomic E-state index is 11.9. The van der Waals surface area contributed by atoms with Crippen LogP contribution in [0.2, 0.25) is 0 Å². The van der Waals surface area contributed by atoms with Gasteiger partial charge >= 0.3 is 0 Å². The van der Waals surface area contributed by atoms with Crippen LogP contribution in [0.5, 0.6) is 0 Å². The SMILES string of the molecule is COCC(N)C(=O)Nc1cccc(CCN2CCCC2)c1.Cl. The van der Waals surface area contributed by atoms with Gasteiger partial charge in [0, 0.05) is 19.3 Å². The van der Waals surface area contributed by atoms with Crippen LogP contribution in [0.3, 0.4) is 0 Å². The van der Waals surface area contributed by atoms with Crippen molar-refractivity contribution in [2.75, 3.05) is 38.7 Å². The lowest BCUT2D eigenvalue weighted by atomic mass is 10.1. The highest BCUT2D eigenvalue weighted by Crippen LogP contribution is 2.13. The van der Waals surface area contributed by atoms with Gasteiger partial charge in [-0.25, -0.2) is 0 Å². The Bertz CT molecular complexity index is 464. The molecule has 1 aliphatic rings. The maximum Gasteiger partial charge on any atom is 0.243 e. The Morgan fingerprint density at radius 2 is 2.14 bits per heavy atom. The van der Waals surface area contributed by atoms with Gasteiger partial charge in [0.1, 0.15) is 6.04 Å². The zero-order chi connectivity index (χ0) is 15.1. The Balaban J connectivity index is 0.00000242. The van der Waals surface area contributed by atoms with Crippen LogP contribution < -0.4 is 11.1 Å². The van der Waals surface area contributed by atoms with Crippen molar-refractivity contribution in [1.29, 1.82) is 0 Å². The molecule has 124 valence electrons. The first-order valence-corrected chi connectivity index (χ1v) is 7.55. The van der Waals surface area contributed by atoms with Gasteiger partial charge in [0.15, 0.2) is 0 Å². The molecule has 1 aromatic rings. The minimum Gasteiger partial charge on any atom is -0.383 e. The summed E-state index contributed by atoms with van der Waals surface area (Å²) in [6, 6.07) is 7.34. The van der Waals surface area contributed by atoms with Crippen molar-refractivity contribution >= 4 is 24.0 Å². The highest BCUT2D eigenvalue weighted by Gasteiger charge is 2.14. The van der Waals surface area contributed by atoms with Gasteiger partial charge in [0.05, 0.1) is 6.61 Å². The molecule has 1 saturated heterocycles. The molecule has 0 aromatic heterocycles. The van der Waals surface area contributed by atoms with Gasteiger partial charge in [-0.2, -0.15) is 0 Å². The Morgan fingerprint density at radius 1 is 1.41 bits per heavy atom. The molecule has 0 radical (unpaired) electrons. The number of hydrogen-bond acceptors (Lipinski definition) is 4. The lowest BCUT2D eigenvalue weighted by molar-refractivity contribution is -0.118. The summed E-state index contributed by atoms with van der Waals surface area (Å²) in [6.45, 7) is 3.73. The Morgan fingerprint density at radius 3 is 2.82 bits per heavy atom. The van der Waals surface area contributed by atoms with Crippen LogP contribution in [-0.4, -0.2) is 50.2 Å². The van der Waals surface area contributed by atoms with Crippen molar-refractivity contribution in [2.45, 2.75) is 25.3 Å². The van der Waals surface area contributed by atoms with Crippen molar-refractivity contribution in [3.05, 3.63) is 29.8 Å². The molecule has 0 aliphatic carbocycles. The number of likely N-dealkylation sites (tertiary alicyclic amines) is 1. The van der Waals surface area contributed by atoms with Gasteiger partial charge in [0.25, 0.3) is 0 Å². The minimum absolute atomic E-state index is 0. The van der Waals surface area contributed by atoms with Gasteiger partial charge < -0.3 is 20.7 Å². The van der Waals surface area contributed by atoms with E-state index in [0.29, 0.717) is 0 Å². The average Bonchev–Trinajstić information content (AvgIpc) is 2.99. The number of nitrogens with zero attached hydrogens (tertiary/aromatic N) is 1. The first-order valence-electron chi connectivity index (χ1n) is 7.55. The number of benzene rings is 1. The van der Waals surface area contributed by atoms with Crippen molar-refractivity contribution in [3.63, 3.8) is 0 Å². The number of nitrogens with two attached hydrogens (primary N) is 1. The van der Waals surface area contributed by atoms with Gasteiger partial charge in [-0.3, -0.25) is 4.79 Å². The van der Waals surface area contributed by atoms with E-state index in [1.165, 1.54) is 38.6 Å². The molecule has 3 N–H and O–H groups in total. The second kappa shape index (κ2) is 9.79. The molecule has 0 saturated carbocycles. The lowest BCUT2D eigenvalue weighted by Gasteiger charge is -2.15. The summed E-state index contributed by atoms with van der Waals surface area (Å²) in [5.41, 5.74) is 7.74. The number of hydrogen-bond donors (Lipinski definition) is 2. The summed E-state index contributed by atoms with van der Waals surface area (Å²) in [7, 11) is 1.53. The van der Waals surface area contributed by atoms with E-state index in [2.05, 4.69) is 16.3 Å². The van der Waals surface area contributed by atoms with Crippen LogP contribution in [0.25, 0.3) is 0 Å². The van der Waals surface area contributed by atoms with Gasteiger partial charge in [-0.15, -0.1) is 12.4 Å². The van der Waals surface area contributed by atoms with E-state index in [1.54, 1.807) is 0 Å². The maximum absolute atomic E-state index is 11.9. The van der Waals surface area contributed by atoms with Crippen LogP contribution in [0.1, 0.15) is 18.4 Å². The molecule has 6 heteroatoms. The zero-order valence-corrected chi connectivity index (χ0v) is 13.9. The second-order valence-corrected chi connectivity index (χ2v) is 5.55. The molecule has 2 rings (SSSR count). The first-order chi connectivity index (χ1) is 10.2.